The van der Waals surface area contributed by atoms with E-state index in [4.69, 9.17) is 38.4 Å². The Morgan fingerprint density at radius 3 is 2.14 bits per heavy atom. The molecule has 0 saturated heterocycles. The maximum absolute atomic E-state index is 6.12. The van der Waals surface area contributed by atoms with E-state index in [2.05, 4.69) is 0 Å². The van der Waals surface area contributed by atoms with Gasteiger partial charge in [-0.15, -0.1) is 0 Å². The van der Waals surface area contributed by atoms with Gasteiger partial charge in [0.2, 0.25) is 0 Å². The van der Waals surface area contributed by atoms with Gasteiger partial charge in [0.15, 0.2) is 0 Å². The first-order valence-corrected chi connectivity index (χ1v) is 7.70. The molecule has 0 spiro atoms. The maximum Gasteiger partial charge on any atom is 0.122 e. The van der Waals surface area contributed by atoms with Crippen LogP contribution in [-0.2, 0) is 6.42 Å². The highest BCUT2D eigenvalue weighted by Gasteiger charge is 2.18. The van der Waals surface area contributed by atoms with E-state index >= 15 is 0 Å². The second kappa shape index (κ2) is 7.73. The Balaban J connectivity index is 2.38. The molecule has 2 aromatic rings. The van der Waals surface area contributed by atoms with E-state index in [-0.39, 0.29) is 5.92 Å². The number of halogens is 2. The average Bonchev–Trinajstić information content (AvgIpc) is 2.52. The van der Waals surface area contributed by atoms with Crippen LogP contribution < -0.4 is 15.2 Å². The van der Waals surface area contributed by atoms with Crippen molar-refractivity contribution in [3.8, 4) is 11.5 Å². The molecule has 1 atom stereocenters. The van der Waals surface area contributed by atoms with E-state index in [9.17, 15) is 0 Å². The number of hydrogen-bond acceptors (Lipinski definition) is 3. The summed E-state index contributed by atoms with van der Waals surface area (Å²) in [5.74, 6) is 1.63. The summed E-state index contributed by atoms with van der Waals surface area (Å²) < 4.78 is 10.8. The Morgan fingerprint density at radius 2 is 1.55 bits per heavy atom. The van der Waals surface area contributed by atoms with Crippen LogP contribution in [0.1, 0.15) is 17.0 Å². The lowest BCUT2D eigenvalue weighted by Gasteiger charge is -2.20. The molecule has 22 heavy (non-hydrogen) atoms. The molecular weight excluding hydrogens is 321 g/mol. The molecule has 0 saturated carbocycles. The minimum Gasteiger partial charge on any atom is -0.496 e. The maximum atomic E-state index is 6.12. The highest BCUT2D eigenvalue weighted by Crippen LogP contribution is 2.34. The third-order valence-electron chi connectivity index (χ3n) is 3.62. The second-order valence-electron chi connectivity index (χ2n) is 4.98. The zero-order valence-corrected chi connectivity index (χ0v) is 14.1. The number of methoxy groups -OCH3 is 2. The minimum absolute atomic E-state index is 0.0565. The van der Waals surface area contributed by atoms with Crippen molar-refractivity contribution in [3.63, 3.8) is 0 Å². The number of benzene rings is 2. The quantitative estimate of drug-likeness (QED) is 0.853. The Bertz CT molecular complexity index is 647. The third kappa shape index (κ3) is 3.86. The second-order valence-corrected chi connectivity index (χ2v) is 5.85. The SMILES string of the molecule is COc1ccc(Cl)cc1CC(CN)c1cc(Cl)ccc1OC. The van der Waals surface area contributed by atoms with Crippen molar-refractivity contribution in [1.29, 1.82) is 0 Å². The van der Waals surface area contributed by atoms with E-state index in [1.54, 1.807) is 26.4 Å². The predicted octanol–water partition coefficient (Wildman–Crippen LogP) is 4.30. The van der Waals surface area contributed by atoms with Crippen LogP contribution >= 0.6 is 23.2 Å². The van der Waals surface area contributed by atoms with Crippen molar-refractivity contribution < 1.29 is 9.47 Å². The minimum atomic E-state index is 0.0565. The number of hydrogen-bond donors (Lipinski definition) is 1. The molecule has 2 aromatic carbocycles. The zero-order chi connectivity index (χ0) is 16.1. The smallest absolute Gasteiger partial charge is 0.122 e. The van der Waals surface area contributed by atoms with Gasteiger partial charge in [-0.3, -0.25) is 0 Å². The summed E-state index contributed by atoms with van der Waals surface area (Å²) in [5.41, 5.74) is 7.98. The summed E-state index contributed by atoms with van der Waals surface area (Å²) in [6, 6.07) is 11.1. The first kappa shape index (κ1) is 16.9. The van der Waals surface area contributed by atoms with E-state index in [1.807, 2.05) is 24.3 Å². The normalized spacial score (nSPS) is 12.0. The zero-order valence-electron chi connectivity index (χ0n) is 12.6. The van der Waals surface area contributed by atoms with Gasteiger partial charge in [-0.1, -0.05) is 23.2 Å². The molecule has 3 nitrogen and oxygen atoms in total. The fourth-order valence-electron chi connectivity index (χ4n) is 2.52. The van der Waals surface area contributed by atoms with Crippen LogP contribution in [0.4, 0.5) is 0 Å². The summed E-state index contributed by atoms with van der Waals surface area (Å²) >= 11 is 12.2. The molecule has 0 aliphatic heterocycles. The Morgan fingerprint density at radius 1 is 0.955 bits per heavy atom. The van der Waals surface area contributed by atoms with Gasteiger partial charge in [-0.05, 0) is 54.9 Å². The van der Waals surface area contributed by atoms with Gasteiger partial charge < -0.3 is 15.2 Å². The van der Waals surface area contributed by atoms with Gasteiger partial charge in [0.25, 0.3) is 0 Å². The molecule has 0 aliphatic carbocycles. The van der Waals surface area contributed by atoms with Crippen molar-refractivity contribution >= 4 is 23.2 Å². The number of ether oxygens (including phenoxy) is 2. The molecule has 2 N–H and O–H groups in total. The van der Waals surface area contributed by atoms with Crippen LogP contribution in [0.15, 0.2) is 36.4 Å². The molecule has 0 fully saturated rings. The van der Waals surface area contributed by atoms with Crippen LogP contribution in [0.25, 0.3) is 0 Å². The Labute approximate surface area is 140 Å². The molecule has 1 unspecified atom stereocenters. The highest BCUT2D eigenvalue weighted by atomic mass is 35.5. The van der Waals surface area contributed by atoms with Crippen LogP contribution in [0, 0.1) is 0 Å². The fraction of sp³-hybridized carbons (Fsp3) is 0.294. The molecule has 0 aliphatic rings. The molecule has 118 valence electrons. The van der Waals surface area contributed by atoms with Crippen molar-refractivity contribution in [2.75, 3.05) is 20.8 Å². The molecule has 5 heteroatoms. The predicted molar refractivity (Wildman–Crippen MR) is 91.5 cm³/mol. The first-order chi connectivity index (χ1) is 10.6. The molecule has 0 radical (unpaired) electrons. The van der Waals surface area contributed by atoms with Gasteiger partial charge in [0.05, 0.1) is 14.2 Å². The largest absolute Gasteiger partial charge is 0.496 e. The summed E-state index contributed by atoms with van der Waals surface area (Å²) in [6.07, 6.45) is 0.691. The summed E-state index contributed by atoms with van der Waals surface area (Å²) in [4.78, 5) is 0. The fourth-order valence-corrected chi connectivity index (χ4v) is 2.89. The molecule has 0 heterocycles. The van der Waals surface area contributed by atoms with Crippen LogP contribution in [0.2, 0.25) is 10.0 Å². The van der Waals surface area contributed by atoms with Crippen molar-refractivity contribution in [2.24, 2.45) is 5.73 Å². The van der Waals surface area contributed by atoms with Crippen molar-refractivity contribution in [3.05, 3.63) is 57.6 Å². The number of nitrogens with two attached hydrogens (primary N) is 1. The Hall–Kier alpha value is -1.42. The van der Waals surface area contributed by atoms with E-state index in [0.29, 0.717) is 23.0 Å². The lowest BCUT2D eigenvalue weighted by molar-refractivity contribution is 0.400. The first-order valence-electron chi connectivity index (χ1n) is 6.95. The van der Waals surface area contributed by atoms with Gasteiger partial charge in [-0.2, -0.15) is 0 Å². The van der Waals surface area contributed by atoms with Gasteiger partial charge in [0.1, 0.15) is 11.5 Å². The Kier molecular flexibility index (Phi) is 5.95. The topological polar surface area (TPSA) is 44.5 Å². The molecule has 0 bridgehead atoms. The van der Waals surface area contributed by atoms with Crippen molar-refractivity contribution in [2.45, 2.75) is 12.3 Å². The third-order valence-corrected chi connectivity index (χ3v) is 4.10. The summed E-state index contributed by atoms with van der Waals surface area (Å²) in [6.45, 7) is 0.465. The standard InChI is InChI=1S/C17H19Cl2NO2/c1-21-16-5-3-13(18)8-11(16)7-12(10-20)15-9-14(19)4-6-17(15)22-2/h3-6,8-9,12H,7,10,20H2,1-2H3. The van der Waals surface area contributed by atoms with Crippen molar-refractivity contribution in [1.82, 2.24) is 0 Å². The monoisotopic (exact) mass is 339 g/mol. The summed E-state index contributed by atoms with van der Waals surface area (Å²) in [5, 5.41) is 1.33. The van der Waals surface area contributed by atoms with Gasteiger partial charge >= 0.3 is 0 Å². The highest BCUT2D eigenvalue weighted by molar-refractivity contribution is 6.31. The lowest BCUT2D eigenvalue weighted by Crippen LogP contribution is -2.16. The van der Waals surface area contributed by atoms with Crippen LogP contribution in [-0.4, -0.2) is 20.8 Å². The van der Waals surface area contributed by atoms with Gasteiger partial charge in [0, 0.05) is 21.5 Å². The lowest BCUT2D eigenvalue weighted by atomic mass is 9.91. The van der Waals surface area contributed by atoms with E-state index in [0.717, 1.165) is 22.6 Å². The van der Waals surface area contributed by atoms with Crippen LogP contribution in [0.5, 0.6) is 11.5 Å². The molecular formula is C17H19Cl2NO2. The van der Waals surface area contributed by atoms with Crippen LogP contribution in [0.3, 0.4) is 0 Å². The molecule has 0 aromatic heterocycles. The number of rotatable bonds is 6. The molecule has 0 amide bonds. The summed E-state index contributed by atoms with van der Waals surface area (Å²) in [7, 11) is 3.28. The van der Waals surface area contributed by atoms with Gasteiger partial charge in [-0.25, -0.2) is 0 Å². The van der Waals surface area contributed by atoms with E-state index in [1.165, 1.54) is 0 Å². The molecule has 2 rings (SSSR count). The van der Waals surface area contributed by atoms with E-state index < -0.39 is 0 Å². The average molecular weight is 340 g/mol.